The van der Waals surface area contributed by atoms with E-state index in [0.717, 1.165) is 0 Å². The highest BCUT2D eigenvalue weighted by atomic mass is 16.3. The van der Waals surface area contributed by atoms with Gasteiger partial charge in [0.2, 0.25) is 0 Å². The van der Waals surface area contributed by atoms with Gasteiger partial charge in [-0.2, -0.15) is 0 Å². The van der Waals surface area contributed by atoms with Crippen LogP contribution in [0.25, 0.3) is 0 Å². The molecule has 1 aromatic carbocycles. The van der Waals surface area contributed by atoms with Crippen LogP contribution < -0.4 is 0 Å². The monoisotopic (exact) mass is 207 g/mol. The molecule has 15 heavy (non-hydrogen) atoms. The quantitative estimate of drug-likeness (QED) is 0.709. The highest BCUT2D eigenvalue weighted by molar-refractivity contribution is 5.94. The number of aromatic hydroxyl groups is 1. The average Bonchev–Trinajstić information content (AvgIpc) is 2.65. The molecule has 1 aliphatic heterocycles. The number of nitrogens with zero attached hydrogens (tertiary/aromatic N) is 1. The van der Waals surface area contributed by atoms with Gasteiger partial charge >= 0.3 is 0 Å². The highest BCUT2D eigenvalue weighted by Crippen LogP contribution is 2.15. The van der Waals surface area contributed by atoms with Gasteiger partial charge in [-0.1, -0.05) is 0 Å². The third-order valence-electron chi connectivity index (χ3n) is 2.56. The van der Waals surface area contributed by atoms with Gasteiger partial charge in [0.15, 0.2) is 0 Å². The van der Waals surface area contributed by atoms with Gasteiger partial charge in [0.05, 0.1) is 6.10 Å². The number of rotatable bonds is 1. The van der Waals surface area contributed by atoms with Crippen molar-refractivity contribution in [3.8, 4) is 5.75 Å². The van der Waals surface area contributed by atoms with E-state index in [-0.39, 0.29) is 11.7 Å². The number of phenolic OH excluding ortho intramolecular Hbond substituents is 1. The summed E-state index contributed by atoms with van der Waals surface area (Å²) in [6.07, 6.45) is 0.246. The molecule has 1 saturated heterocycles. The maximum atomic E-state index is 11.8. The maximum absolute atomic E-state index is 11.8. The first-order valence-electron chi connectivity index (χ1n) is 4.93. The molecule has 1 heterocycles. The summed E-state index contributed by atoms with van der Waals surface area (Å²) in [6, 6.07) is 6.14. The second kappa shape index (κ2) is 3.90. The molecular formula is C11H13NO3. The zero-order valence-electron chi connectivity index (χ0n) is 8.26. The van der Waals surface area contributed by atoms with Crippen molar-refractivity contribution < 1.29 is 15.0 Å². The zero-order chi connectivity index (χ0) is 10.8. The Kier molecular flexibility index (Phi) is 2.60. The number of carbonyl (C=O) groups excluding carboxylic acids is 1. The van der Waals surface area contributed by atoms with Crippen LogP contribution in [0, 0.1) is 0 Å². The standard InChI is InChI=1S/C11H13NO3/c13-9-3-1-8(2-4-9)11(15)12-6-5-10(14)7-12/h1-4,10,13-14H,5-7H2/t10-/m0/s1. The largest absolute Gasteiger partial charge is 0.508 e. The number of likely N-dealkylation sites (tertiary alicyclic amines) is 1. The molecule has 0 unspecified atom stereocenters. The molecule has 1 atom stereocenters. The molecule has 2 rings (SSSR count). The van der Waals surface area contributed by atoms with Gasteiger partial charge in [0.25, 0.3) is 5.91 Å². The highest BCUT2D eigenvalue weighted by Gasteiger charge is 2.25. The Morgan fingerprint density at radius 2 is 2.00 bits per heavy atom. The molecular weight excluding hydrogens is 194 g/mol. The number of β-amino-alcohol motifs (C(OH)–C–C–N with tert-alkyl or cyclic N) is 1. The third kappa shape index (κ3) is 2.10. The fraction of sp³-hybridized carbons (Fsp3) is 0.364. The predicted molar refractivity (Wildman–Crippen MR) is 54.6 cm³/mol. The Morgan fingerprint density at radius 3 is 2.53 bits per heavy atom. The van der Waals surface area contributed by atoms with E-state index >= 15 is 0 Å². The van der Waals surface area contributed by atoms with Crippen LogP contribution in [0.3, 0.4) is 0 Å². The minimum atomic E-state index is -0.397. The maximum Gasteiger partial charge on any atom is 0.253 e. The SMILES string of the molecule is O=C(c1ccc(O)cc1)N1CC[C@H](O)C1. The zero-order valence-corrected chi connectivity index (χ0v) is 8.26. The first-order valence-corrected chi connectivity index (χ1v) is 4.93. The summed E-state index contributed by atoms with van der Waals surface area (Å²) in [7, 11) is 0. The molecule has 1 aromatic rings. The van der Waals surface area contributed by atoms with Gasteiger partial charge in [0.1, 0.15) is 5.75 Å². The number of hydrogen-bond acceptors (Lipinski definition) is 3. The molecule has 0 aliphatic carbocycles. The Hall–Kier alpha value is -1.55. The van der Waals surface area contributed by atoms with E-state index in [1.807, 2.05) is 0 Å². The van der Waals surface area contributed by atoms with Crippen molar-refractivity contribution in [3.63, 3.8) is 0 Å². The molecule has 2 N–H and O–H groups in total. The molecule has 4 nitrogen and oxygen atoms in total. The fourth-order valence-corrected chi connectivity index (χ4v) is 1.71. The lowest BCUT2D eigenvalue weighted by molar-refractivity contribution is 0.0765. The van der Waals surface area contributed by atoms with Gasteiger partial charge in [-0.3, -0.25) is 4.79 Å². The van der Waals surface area contributed by atoms with Crippen molar-refractivity contribution in [1.29, 1.82) is 0 Å². The third-order valence-corrected chi connectivity index (χ3v) is 2.56. The molecule has 0 bridgehead atoms. The van der Waals surface area contributed by atoms with Crippen molar-refractivity contribution in [1.82, 2.24) is 4.90 Å². The molecule has 1 fully saturated rings. The van der Waals surface area contributed by atoms with Crippen LogP contribution in [0.2, 0.25) is 0 Å². The smallest absolute Gasteiger partial charge is 0.253 e. The van der Waals surface area contributed by atoms with Crippen molar-refractivity contribution in [2.24, 2.45) is 0 Å². The number of benzene rings is 1. The second-order valence-electron chi connectivity index (χ2n) is 3.74. The van der Waals surface area contributed by atoms with Crippen LogP contribution >= 0.6 is 0 Å². The van der Waals surface area contributed by atoms with Crippen LogP contribution in [0.5, 0.6) is 5.75 Å². The van der Waals surface area contributed by atoms with Crippen molar-refractivity contribution >= 4 is 5.91 Å². The number of carbonyl (C=O) groups is 1. The van der Waals surface area contributed by atoms with Gasteiger partial charge in [-0.15, -0.1) is 0 Å². The number of aliphatic hydroxyl groups excluding tert-OH is 1. The van der Waals surface area contributed by atoms with Gasteiger partial charge < -0.3 is 15.1 Å². The molecule has 80 valence electrons. The molecule has 0 radical (unpaired) electrons. The van der Waals surface area contributed by atoms with E-state index in [2.05, 4.69) is 0 Å². The van der Waals surface area contributed by atoms with Crippen LogP contribution in [0.4, 0.5) is 0 Å². The van der Waals surface area contributed by atoms with Crippen LogP contribution in [0.15, 0.2) is 24.3 Å². The first kappa shape index (κ1) is 9.98. The molecule has 1 aliphatic rings. The summed E-state index contributed by atoms with van der Waals surface area (Å²) in [6.45, 7) is 1.00. The lowest BCUT2D eigenvalue weighted by Gasteiger charge is -2.15. The Bertz CT molecular complexity index is 361. The minimum absolute atomic E-state index is 0.0912. The summed E-state index contributed by atoms with van der Waals surface area (Å²) < 4.78 is 0. The molecule has 0 spiro atoms. The van der Waals surface area contributed by atoms with E-state index in [1.165, 1.54) is 12.1 Å². The number of phenols is 1. The number of aliphatic hydroxyl groups is 1. The van der Waals surface area contributed by atoms with E-state index in [9.17, 15) is 9.90 Å². The van der Waals surface area contributed by atoms with E-state index < -0.39 is 6.10 Å². The van der Waals surface area contributed by atoms with Crippen LogP contribution in [0.1, 0.15) is 16.8 Å². The summed E-state index contributed by atoms with van der Waals surface area (Å²) in [5, 5.41) is 18.4. The number of hydrogen-bond donors (Lipinski definition) is 2. The van der Waals surface area contributed by atoms with Crippen molar-refractivity contribution in [3.05, 3.63) is 29.8 Å². The van der Waals surface area contributed by atoms with Gasteiger partial charge in [-0.05, 0) is 30.7 Å². The minimum Gasteiger partial charge on any atom is -0.508 e. The average molecular weight is 207 g/mol. The van der Waals surface area contributed by atoms with E-state index in [1.54, 1.807) is 17.0 Å². The topological polar surface area (TPSA) is 60.8 Å². The molecule has 1 amide bonds. The Balaban J connectivity index is 2.11. The Labute approximate surface area is 87.8 Å². The molecule has 0 saturated carbocycles. The second-order valence-corrected chi connectivity index (χ2v) is 3.74. The predicted octanol–water partition coefficient (Wildman–Crippen LogP) is 0.599. The summed E-state index contributed by atoms with van der Waals surface area (Å²) in [4.78, 5) is 13.5. The van der Waals surface area contributed by atoms with Crippen LogP contribution in [-0.2, 0) is 0 Å². The lowest BCUT2D eigenvalue weighted by Crippen LogP contribution is -2.29. The fourth-order valence-electron chi connectivity index (χ4n) is 1.71. The van der Waals surface area contributed by atoms with Gasteiger partial charge in [-0.25, -0.2) is 0 Å². The van der Waals surface area contributed by atoms with E-state index in [0.29, 0.717) is 25.1 Å². The van der Waals surface area contributed by atoms with E-state index in [4.69, 9.17) is 5.11 Å². The summed E-state index contributed by atoms with van der Waals surface area (Å²) in [5.74, 6) is 0.0551. The summed E-state index contributed by atoms with van der Waals surface area (Å²) >= 11 is 0. The summed E-state index contributed by atoms with van der Waals surface area (Å²) in [5.41, 5.74) is 0.543. The molecule has 0 aromatic heterocycles. The van der Waals surface area contributed by atoms with Gasteiger partial charge in [0, 0.05) is 18.7 Å². The van der Waals surface area contributed by atoms with Crippen LogP contribution in [-0.4, -0.2) is 40.2 Å². The number of amides is 1. The Morgan fingerprint density at radius 1 is 1.33 bits per heavy atom. The van der Waals surface area contributed by atoms with Crippen molar-refractivity contribution in [2.75, 3.05) is 13.1 Å². The lowest BCUT2D eigenvalue weighted by atomic mass is 10.2. The normalized spacial score (nSPS) is 20.6. The first-order chi connectivity index (χ1) is 7.16. The molecule has 4 heteroatoms. The van der Waals surface area contributed by atoms with Crippen molar-refractivity contribution in [2.45, 2.75) is 12.5 Å².